The van der Waals surface area contributed by atoms with Crippen LogP contribution in [0.1, 0.15) is 0 Å². The summed E-state index contributed by atoms with van der Waals surface area (Å²) in [5.41, 5.74) is 0. The molecule has 96 valence electrons. The third-order valence-corrected chi connectivity index (χ3v) is 3.45. The molecule has 0 amide bonds. The molecule has 8 heteroatoms. The van der Waals surface area contributed by atoms with E-state index in [4.69, 9.17) is 23.2 Å². The van der Waals surface area contributed by atoms with Crippen LogP contribution >= 0.6 is 23.2 Å². The average molecular weight is 298 g/mol. The fraction of sp³-hybridized carbons (Fsp3) is 0.444. The van der Waals surface area contributed by atoms with E-state index in [0.29, 0.717) is 21.7 Å². The standard InChI is InChI=1S/C9H13Cl2N3O2S/c1-12-8-6(10)5-7(11)9(14-8)13-3-4-17(2,15)16/h5H,3-4H2,1-2H3,(H2,12,13,14). The van der Waals surface area contributed by atoms with Crippen molar-refractivity contribution in [3.63, 3.8) is 0 Å². The first-order valence-corrected chi connectivity index (χ1v) is 7.60. The number of hydrogen-bond acceptors (Lipinski definition) is 5. The Morgan fingerprint density at radius 3 is 2.41 bits per heavy atom. The maximum absolute atomic E-state index is 11.0. The highest BCUT2D eigenvalue weighted by molar-refractivity contribution is 7.90. The molecule has 5 nitrogen and oxygen atoms in total. The molecular formula is C9H13Cl2N3O2S. The SMILES string of the molecule is CNc1nc(NCCS(C)(=O)=O)c(Cl)cc1Cl. The molecule has 0 spiro atoms. The summed E-state index contributed by atoms with van der Waals surface area (Å²) in [6.45, 7) is 0.246. The van der Waals surface area contributed by atoms with Gasteiger partial charge in [0.2, 0.25) is 0 Å². The number of nitrogens with one attached hydrogen (secondary N) is 2. The van der Waals surface area contributed by atoms with Crippen LogP contribution in [0, 0.1) is 0 Å². The zero-order valence-corrected chi connectivity index (χ0v) is 11.7. The van der Waals surface area contributed by atoms with Crippen molar-refractivity contribution < 1.29 is 8.42 Å². The lowest BCUT2D eigenvalue weighted by atomic mass is 10.4. The lowest BCUT2D eigenvalue weighted by Gasteiger charge is -2.10. The van der Waals surface area contributed by atoms with Crippen molar-refractivity contribution in [1.29, 1.82) is 0 Å². The molecule has 0 fully saturated rings. The van der Waals surface area contributed by atoms with Crippen LogP contribution in [0.2, 0.25) is 10.0 Å². The van der Waals surface area contributed by atoms with Crippen molar-refractivity contribution in [2.45, 2.75) is 0 Å². The van der Waals surface area contributed by atoms with E-state index in [2.05, 4.69) is 15.6 Å². The van der Waals surface area contributed by atoms with Gasteiger partial charge in [-0.3, -0.25) is 0 Å². The van der Waals surface area contributed by atoms with Gasteiger partial charge in [-0.15, -0.1) is 0 Å². The fourth-order valence-electron chi connectivity index (χ4n) is 1.12. The molecule has 2 N–H and O–H groups in total. The van der Waals surface area contributed by atoms with Gasteiger partial charge in [-0.2, -0.15) is 0 Å². The highest BCUT2D eigenvalue weighted by Gasteiger charge is 2.09. The monoisotopic (exact) mass is 297 g/mol. The summed E-state index contributed by atoms with van der Waals surface area (Å²) < 4.78 is 21.9. The zero-order chi connectivity index (χ0) is 13.1. The van der Waals surface area contributed by atoms with Gasteiger partial charge in [0.05, 0.1) is 15.8 Å². The van der Waals surface area contributed by atoms with Gasteiger partial charge in [0.25, 0.3) is 0 Å². The second-order valence-electron chi connectivity index (χ2n) is 3.46. The van der Waals surface area contributed by atoms with E-state index in [9.17, 15) is 8.42 Å². The minimum Gasteiger partial charge on any atom is -0.372 e. The number of halogens is 2. The topological polar surface area (TPSA) is 71.1 Å². The van der Waals surface area contributed by atoms with Gasteiger partial charge in [0.1, 0.15) is 21.5 Å². The Labute approximate surface area is 110 Å². The summed E-state index contributed by atoms with van der Waals surface area (Å²) >= 11 is 11.8. The molecule has 0 aliphatic carbocycles. The van der Waals surface area contributed by atoms with Gasteiger partial charge in [0, 0.05) is 19.8 Å². The smallest absolute Gasteiger partial charge is 0.149 e. The predicted octanol–water partition coefficient (Wildman–Crippen LogP) is 1.89. The molecule has 1 aromatic rings. The maximum Gasteiger partial charge on any atom is 0.149 e. The van der Waals surface area contributed by atoms with Crippen LogP contribution < -0.4 is 10.6 Å². The van der Waals surface area contributed by atoms with E-state index < -0.39 is 9.84 Å². The normalized spacial score (nSPS) is 11.3. The molecule has 1 rings (SSSR count). The Kier molecular flexibility index (Phi) is 4.85. The Morgan fingerprint density at radius 1 is 1.29 bits per heavy atom. The summed E-state index contributed by atoms with van der Waals surface area (Å²) in [5, 5.41) is 6.42. The van der Waals surface area contributed by atoms with Crippen LogP contribution in [-0.4, -0.2) is 39.0 Å². The molecule has 17 heavy (non-hydrogen) atoms. The van der Waals surface area contributed by atoms with Crippen LogP contribution in [0.15, 0.2) is 6.07 Å². The number of sulfone groups is 1. The van der Waals surface area contributed by atoms with Crippen LogP contribution in [0.25, 0.3) is 0 Å². The van der Waals surface area contributed by atoms with Crippen molar-refractivity contribution in [2.24, 2.45) is 0 Å². The second kappa shape index (κ2) is 5.75. The zero-order valence-electron chi connectivity index (χ0n) is 9.42. The summed E-state index contributed by atoms with van der Waals surface area (Å²) in [4.78, 5) is 4.13. The largest absolute Gasteiger partial charge is 0.372 e. The Balaban J connectivity index is 2.77. The summed E-state index contributed by atoms with van der Waals surface area (Å²) in [5.74, 6) is 0.907. The second-order valence-corrected chi connectivity index (χ2v) is 6.53. The number of rotatable bonds is 5. The fourth-order valence-corrected chi connectivity index (χ4v) is 2.11. The molecule has 0 aliphatic heterocycles. The van der Waals surface area contributed by atoms with Crippen LogP contribution in [0.4, 0.5) is 11.6 Å². The molecule has 0 saturated carbocycles. The minimum absolute atomic E-state index is 0.0164. The predicted molar refractivity (Wildman–Crippen MR) is 72.0 cm³/mol. The summed E-state index contributed by atoms with van der Waals surface area (Å²) in [6, 6.07) is 1.55. The number of aromatic nitrogens is 1. The molecule has 0 bridgehead atoms. The molecule has 0 atom stereocenters. The first-order valence-electron chi connectivity index (χ1n) is 4.79. The van der Waals surface area contributed by atoms with Crippen molar-refractivity contribution in [2.75, 3.05) is 36.2 Å². The number of nitrogens with zero attached hydrogens (tertiary/aromatic N) is 1. The number of pyridine rings is 1. The molecule has 0 unspecified atom stereocenters. The third kappa shape index (κ3) is 4.57. The Bertz CT molecular complexity index is 505. The molecular weight excluding hydrogens is 285 g/mol. The van der Waals surface area contributed by atoms with E-state index in [1.807, 2.05) is 0 Å². The highest BCUT2D eigenvalue weighted by atomic mass is 35.5. The molecule has 0 saturated heterocycles. The summed E-state index contributed by atoms with van der Waals surface area (Å²) in [6.07, 6.45) is 1.17. The van der Waals surface area contributed by atoms with Gasteiger partial charge in [0.15, 0.2) is 0 Å². The van der Waals surface area contributed by atoms with Gasteiger partial charge >= 0.3 is 0 Å². The Hall–Kier alpha value is -0.720. The van der Waals surface area contributed by atoms with Crippen LogP contribution in [0.5, 0.6) is 0 Å². The van der Waals surface area contributed by atoms with E-state index in [-0.39, 0.29) is 12.3 Å². The van der Waals surface area contributed by atoms with Gasteiger partial charge in [-0.25, -0.2) is 13.4 Å². The van der Waals surface area contributed by atoms with Crippen molar-refractivity contribution >= 4 is 44.7 Å². The first-order chi connectivity index (χ1) is 7.83. The quantitative estimate of drug-likeness (QED) is 0.868. The molecule has 1 aromatic heterocycles. The van der Waals surface area contributed by atoms with Crippen molar-refractivity contribution in [3.05, 3.63) is 16.1 Å². The molecule has 0 aromatic carbocycles. The Morgan fingerprint density at radius 2 is 1.88 bits per heavy atom. The van der Waals surface area contributed by atoms with Gasteiger partial charge in [-0.05, 0) is 6.07 Å². The van der Waals surface area contributed by atoms with E-state index >= 15 is 0 Å². The maximum atomic E-state index is 11.0. The van der Waals surface area contributed by atoms with Crippen molar-refractivity contribution in [3.8, 4) is 0 Å². The third-order valence-electron chi connectivity index (χ3n) is 1.93. The number of anilines is 2. The average Bonchev–Trinajstić information content (AvgIpc) is 2.19. The van der Waals surface area contributed by atoms with E-state index in [1.54, 1.807) is 13.1 Å². The van der Waals surface area contributed by atoms with Gasteiger partial charge < -0.3 is 10.6 Å². The lowest BCUT2D eigenvalue weighted by Crippen LogP contribution is -2.15. The molecule has 0 aliphatic rings. The minimum atomic E-state index is -3.01. The summed E-state index contributed by atoms with van der Waals surface area (Å²) in [7, 11) is -1.32. The lowest BCUT2D eigenvalue weighted by molar-refractivity contribution is 0.602. The van der Waals surface area contributed by atoms with Crippen LogP contribution in [0.3, 0.4) is 0 Å². The molecule has 0 radical (unpaired) electrons. The van der Waals surface area contributed by atoms with E-state index in [1.165, 1.54) is 6.26 Å². The van der Waals surface area contributed by atoms with E-state index in [0.717, 1.165) is 0 Å². The molecule has 1 heterocycles. The van der Waals surface area contributed by atoms with Crippen molar-refractivity contribution in [1.82, 2.24) is 4.98 Å². The first kappa shape index (κ1) is 14.3. The van der Waals surface area contributed by atoms with Gasteiger partial charge in [-0.1, -0.05) is 23.2 Å². The van der Waals surface area contributed by atoms with Crippen LogP contribution in [-0.2, 0) is 9.84 Å². The number of hydrogen-bond donors (Lipinski definition) is 2. The highest BCUT2D eigenvalue weighted by Crippen LogP contribution is 2.28.